The third-order valence-electron chi connectivity index (χ3n) is 5.04. The highest BCUT2D eigenvalue weighted by molar-refractivity contribution is 7.89. The van der Waals surface area contributed by atoms with Crippen LogP contribution in [-0.2, 0) is 16.6 Å². The summed E-state index contributed by atoms with van der Waals surface area (Å²) in [6.45, 7) is 10.1. The van der Waals surface area contributed by atoms with Crippen LogP contribution >= 0.6 is 0 Å². The number of rotatable bonds is 5. The number of piperazine rings is 1. The molecule has 0 bridgehead atoms. The molecule has 0 amide bonds. The lowest BCUT2D eigenvalue weighted by atomic mass is 10.3. The Morgan fingerprint density at radius 2 is 1.71 bits per heavy atom. The first kappa shape index (κ1) is 20.5. The maximum atomic E-state index is 13.2. The van der Waals surface area contributed by atoms with Gasteiger partial charge < -0.3 is 9.80 Å². The average molecular weight is 408 g/mol. The Balaban J connectivity index is 1.80. The van der Waals surface area contributed by atoms with Gasteiger partial charge in [-0.3, -0.25) is 4.68 Å². The monoisotopic (exact) mass is 407 g/mol. The van der Waals surface area contributed by atoms with Crippen molar-refractivity contribution in [2.45, 2.75) is 39.1 Å². The normalized spacial score (nSPS) is 15.9. The van der Waals surface area contributed by atoms with E-state index in [0.717, 1.165) is 11.6 Å². The Labute approximate surface area is 167 Å². The fourth-order valence-electron chi connectivity index (χ4n) is 3.58. The van der Waals surface area contributed by atoms with Crippen LogP contribution in [0.15, 0.2) is 11.0 Å². The van der Waals surface area contributed by atoms with E-state index in [1.54, 1.807) is 15.9 Å². The Morgan fingerprint density at radius 1 is 1.07 bits per heavy atom. The molecular formula is C18H29N7O2S. The van der Waals surface area contributed by atoms with Crippen molar-refractivity contribution in [2.24, 2.45) is 0 Å². The predicted octanol–water partition coefficient (Wildman–Crippen LogP) is 1.20. The Hall–Kier alpha value is -2.20. The molecular weight excluding hydrogens is 378 g/mol. The summed E-state index contributed by atoms with van der Waals surface area (Å²) >= 11 is 0. The van der Waals surface area contributed by atoms with E-state index in [1.807, 2.05) is 45.8 Å². The van der Waals surface area contributed by atoms with Gasteiger partial charge in [0.25, 0.3) is 0 Å². The molecule has 3 heterocycles. The fraction of sp³-hybridized carbons (Fsp3) is 0.611. The minimum Gasteiger partial charge on any atom is -0.363 e. The lowest BCUT2D eigenvalue weighted by Crippen LogP contribution is -2.49. The smallest absolute Gasteiger partial charge is 0.246 e. The zero-order valence-corrected chi connectivity index (χ0v) is 18.3. The van der Waals surface area contributed by atoms with Crippen LogP contribution < -0.4 is 9.80 Å². The van der Waals surface area contributed by atoms with E-state index in [4.69, 9.17) is 0 Å². The van der Waals surface area contributed by atoms with Gasteiger partial charge in [0.05, 0.1) is 11.4 Å². The third kappa shape index (κ3) is 3.70. The number of hydrogen-bond donors (Lipinski definition) is 0. The first-order valence-electron chi connectivity index (χ1n) is 9.47. The summed E-state index contributed by atoms with van der Waals surface area (Å²) in [5.41, 5.74) is 1.26. The SMILES string of the molecule is CCn1nc(C)c(S(=O)(=O)N2CCN(c3cc(N(C)C)nc(C)n3)CC2)c1C. The molecule has 2 aromatic heterocycles. The van der Waals surface area contributed by atoms with E-state index in [1.165, 1.54) is 0 Å². The minimum atomic E-state index is -3.57. The summed E-state index contributed by atoms with van der Waals surface area (Å²) in [7, 11) is 0.318. The van der Waals surface area contributed by atoms with Gasteiger partial charge >= 0.3 is 0 Å². The van der Waals surface area contributed by atoms with E-state index < -0.39 is 10.0 Å². The third-order valence-corrected chi connectivity index (χ3v) is 7.20. The van der Waals surface area contributed by atoms with E-state index in [9.17, 15) is 8.42 Å². The largest absolute Gasteiger partial charge is 0.363 e. The second kappa shape index (κ2) is 7.67. The topological polar surface area (TPSA) is 87.5 Å². The van der Waals surface area contributed by atoms with Gasteiger partial charge in [0.2, 0.25) is 10.0 Å². The van der Waals surface area contributed by atoms with Crippen molar-refractivity contribution in [3.63, 3.8) is 0 Å². The van der Waals surface area contributed by atoms with Crippen LogP contribution in [-0.4, -0.2) is 72.7 Å². The van der Waals surface area contributed by atoms with Gasteiger partial charge in [-0.2, -0.15) is 9.40 Å². The summed E-state index contributed by atoms with van der Waals surface area (Å²) in [4.78, 5) is 13.4. The molecule has 0 aromatic carbocycles. The molecule has 28 heavy (non-hydrogen) atoms. The molecule has 0 spiro atoms. The zero-order valence-electron chi connectivity index (χ0n) is 17.5. The molecule has 9 nitrogen and oxygen atoms in total. The maximum absolute atomic E-state index is 13.2. The molecule has 0 unspecified atom stereocenters. The van der Waals surface area contributed by atoms with Crippen molar-refractivity contribution >= 4 is 21.7 Å². The molecule has 1 aliphatic heterocycles. The highest BCUT2D eigenvalue weighted by Gasteiger charge is 2.33. The summed E-state index contributed by atoms with van der Waals surface area (Å²) in [5, 5.41) is 4.37. The van der Waals surface area contributed by atoms with Gasteiger partial charge in [-0.05, 0) is 27.7 Å². The molecule has 1 aliphatic rings. The molecule has 0 saturated carbocycles. The molecule has 2 aromatic rings. The van der Waals surface area contributed by atoms with Crippen molar-refractivity contribution in [1.29, 1.82) is 0 Å². The predicted molar refractivity (Wildman–Crippen MR) is 109 cm³/mol. The molecule has 0 aliphatic carbocycles. The quantitative estimate of drug-likeness (QED) is 0.736. The fourth-order valence-corrected chi connectivity index (χ4v) is 5.37. The molecule has 154 valence electrons. The highest BCUT2D eigenvalue weighted by Crippen LogP contribution is 2.26. The number of aryl methyl sites for hydroxylation is 3. The molecule has 0 radical (unpaired) electrons. The van der Waals surface area contributed by atoms with Crippen LogP contribution in [0.4, 0.5) is 11.6 Å². The van der Waals surface area contributed by atoms with Crippen molar-refractivity contribution in [3.8, 4) is 0 Å². The number of sulfonamides is 1. The Morgan fingerprint density at radius 3 is 2.25 bits per heavy atom. The molecule has 0 atom stereocenters. The van der Waals surface area contributed by atoms with E-state index in [2.05, 4.69) is 20.0 Å². The van der Waals surface area contributed by atoms with Gasteiger partial charge in [0.1, 0.15) is 22.4 Å². The van der Waals surface area contributed by atoms with Crippen molar-refractivity contribution in [3.05, 3.63) is 23.3 Å². The Bertz CT molecular complexity index is 961. The second-order valence-electron chi connectivity index (χ2n) is 7.23. The van der Waals surface area contributed by atoms with Crippen LogP contribution in [0, 0.1) is 20.8 Å². The number of hydrogen-bond acceptors (Lipinski definition) is 7. The number of anilines is 2. The van der Waals surface area contributed by atoms with Crippen LogP contribution in [0.5, 0.6) is 0 Å². The van der Waals surface area contributed by atoms with Gasteiger partial charge in [-0.25, -0.2) is 18.4 Å². The summed E-state index contributed by atoms with van der Waals surface area (Å²) < 4.78 is 29.7. The maximum Gasteiger partial charge on any atom is 0.246 e. The van der Waals surface area contributed by atoms with Crippen molar-refractivity contribution in [2.75, 3.05) is 50.1 Å². The van der Waals surface area contributed by atoms with Crippen molar-refractivity contribution < 1.29 is 8.42 Å². The highest BCUT2D eigenvalue weighted by atomic mass is 32.2. The molecule has 3 rings (SSSR count). The van der Waals surface area contributed by atoms with Crippen LogP contribution in [0.2, 0.25) is 0 Å². The van der Waals surface area contributed by atoms with E-state index in [0.29, 0.717) is 54.8 Å². The summed E-state index contributed by atoms with van der Waals surface area (Å²) in [6, 6.07) is 1.94. The molecule has 1 saturated heterocycles. The lowest BCUT2D eigenvalue weighted by Gasteiger charge is -2.35. The number of nitrogens with zero attached hydrogens (tertiary/aromatic N) is 7. The first-order chi connectivity index (χ1) is 13.1. The first-order valence-corrected chi connectivity index (χ1v) is 10.9. The lowest BCUT2D eigenvalue weighted by molar-refractivity contribution is 0.383. The van der Waals surface area contributed by atoms with Gasteiger partial charge in [0, 0.05) is 52.9 Å². The summed E-state index contributed by atoms with van der Waals surface area (Å²) in [6.07, 6.45) is 0. The van der Waals surface area contributed by atoms with Crippen LogP contribution in [0.25, 0.3) is 0 Å². The standard InChI is InChI=1S/C18H29N7O2S/c1-7-25-14(3)18(13(2)21-25)28(26,27)24-10-8-23(9-11-24)17-12-16(22(5)6)19-15(4)20-17/h12H,7-11H2,1-6H3. The van der Waals surface area contributed by atoms with E-state index >= 15 is 0 Å². The molecule has 10 heteroatoms. The molecule has 1 fully saturated rings. The van der Waals surface area contributed by atoms with Gasteiger partial charge in [-0.1, -0.05) is 0 Å². The Kier molecular flexibility index (Phi) is 5.62. The van der Waals surface area contributed by atoms with Crippen LogP contribution in [0.3, 0.4) is 0 Å². The summed E-state index contributed by atoms with van der Waals surface area (Å²) in [5.74, 6) is 2.38. The van der Waals surface area contributed by atoms with Crippen LogP contribution in [0.1, 0.15) is 24.1 Å². The minimum absolute atomic E-state index is 0.343. The van der Waals surface area contributed by atoms with Crippen molar-refractivity contribution in [1.82, 2.24) is 24.1 Å². The van der Waals surface area contributed by atoms with E-state index in [-0.39, 0.29) is 0 Å². The number of aromatic nitrogens is 4. The second-order valence-corrected chi connectivity index (χ2v) is 9.11. The van der Waals surface area contributed by atoms with Gasteiger partial charge in [-0.15, -0.1) is 0 Å². The average Bonchev–Trinajstić information content (AvgIpc) is 2.95. The molecule has 0 N–H and O–H groups in total. The van der Waals surface area contributed by atoms with Gasteiger partial charge in [0.15, 0.2) is 0 Å². The zero-order chi connectivity index (χ0) is 20.6.